The highest BCUT2D eigenvalue weighted by Crippen LogP contribution is 2.15. The normalized spacial score (nSPS) is 12.4. The van der Waals surface area contributed by atoms with E-state index in [1.165, 1.54) is 148 Å². The molecule has 0 aliphatic rings. The van der Waals surface area contributed by atoms with E-state index in [4.69, 9.17) is 14.2 Å². The molecule has 0 spiro atoms. The van der Waals surface area contributed by atoms with E-state index < -0.39 is 6.10 Å². The Balaban J connectivity index is 4.34. The summed E-state index contributed by atoms with van der Waals surface area (Å²) in [6.07, 6.45) is 62.4. The van der Waals surface area contributed by atoms with Crippen molar-refractivity contribution in [3.63, 3.8) is 0 Å². The summed E-state index contributed by atoms with van der Waals surface area (Å²) in [4.78, 5) is 38.0. The Morgan fingerprint density at radius 1 is 0.317 bits per heavy atom. The first kappa shape index (κ1) is 60.4. The molecule has 0 aliphatic heterocycles. The molecule has 0 saturated carbocycles. The fourth-order valence-electron chi connectivity index (χ4n) is 7.62. The number of hydrogen-bond acceptors (Lipinski definition) is 6. The van der Waals surface area contributed by atoms with E-state index in [1.54, 1.807) is 0 Å². The van der Waals surface area contributed by atoms with Crippen molar-refractivity contribution < 1.29 is 28.6 Å². The van der Waals surface area contributed by atoms with Crippen molar-refractivity contribution >= 4 is 17.9 Å². The van der Waals surface area contributed by atoms with Crippen LogP contribution < -0.4 is 0 Å². The van der Waals surface area contributed by atoms with Crippen LogP contribution >= 0.6 is 0 Å². The van der Waals surface area contributed by atoms with Crippen LogP contribution in [0.2, 0.25) is 0 Å². The molecule has 0 bridgehead atoms. The molecule has 0 aromatic carbocycles. The topological polar surface area (TPSA) is 78.9 Å². The zero-order valence-corrected chi connectivity index (χ0v) is 41.8. The zero-order valence-electron chi connectivity index (χ0n) is 41.8. The molecule has 0 fully saturated rings. The highest BCUT2D eigenvalue weighted by Gasteiger charge is 2.19. The lowest BCUT2D eigenvalue weighted by Gasteiger charge is -2.18. The number of esters is 3. The first-order chi connectivity index (χ1) is 31.0. The Hall–Kier alpha value is -2.63. The Morgan fingerprint density at radius 2 is 0.587 bits per heavy atom. The number of ether oxygens (including phenoxy) is 3. The van der Waals surface area contributed by atoms with Crippen LogP contribution in [0.1, 0.15) is 278 Å². The van der Waals surface area contributed by atoms with Crippen molar-refractivity contribution in [1.82, 2.24) is 0 Å². The Bertz CT molecular complexity index is 1110. The summed E-state index contributed by atoms with van der Waals surface area (Å²) >= 11 is 0. The number of rotatable bonds is 49. The van der Waals surface area contributed by atoms with Gasteiger partial charge in [0.2, 0.25) is 0 Å². The summed E-state index contributed by atoms with van der Waals surface area (Å²) in [6.45, 7) is 6.57. The summed E-state index contributed by atoms with van der Waals surface area (Å²) in [5, 5.41) is 0. The highest BCUT2D eigenvalue weighted by molar-refractivity contribution is 5.71. The second kappa shape index (κ2) is 52.0. The minimum absolute atomic E-state index is 0.0815. The standard InChI is InChI=1S/C57H102O6/c1-4-7-10-13-16-19-22-24-26-27-28-29-31-32-35-38-41-44-47-50-56(59)62-53-54(52-61-55(58)49-46-43-40-37-34-21-18-15-12-9-6-3)63-57(60)51-48-45-42-39-36-33-30-25-23-20-17-14-11-8-5-2/h15,17-18,20,24-26,30,54H,4-14,16,19,21-23,27-29,31-53H2,1-3H3/b18-15-,20-17-,26-24-,30-25-/t54-/m0/s1. The maximum Gasteiger partial charge on any atom is 0.306 e. The Kier molecular flexibility index (Phi) is 49.8. The van der Waals surface area contributed by atoms with Gasteiger partial charge < -0.3 is 14.2 Å². The molecule has 0 amide bonds. The monoisotopic (exact) mass is 883 g/mol. The summed E-state index contributed by atoms with van der Waals surface area (Å²) in [6, 6.07) is 0. The van der Waals surface area contributed by atoms with E-state index in [0.29, 0.717) is 19.3 Å². The van der Waals surface area contributed by atoms with Crippen LogP contribution in [0.3, 0.4) is 0 Å². The van der Waals surface area contributed by atoms with Crippen molar-refractivity contribution in [3.8, 4) is 0 Å². The predicted octanol–water partition coefficient (Wildman–Crippen LogP) is 17.9. The van der Waals surface area contributed by atoms with Gasteiger partial charge in [0.05, 0.1) is 0 Å². The van der Waals surface area contributed by atoms with Crippen molar-refractivity contribution in [2.45, 2.75) is 284 Å². The van der Waals surface area contributed by atoms with Gasteiger partial charge in [-0.15, -0.1) is 0 Å². The van der Waals surface area contributed by atoms with Crippen molar-refractivity contribution in [3.05, 3.63) is 48.6 Å². The molecule has 0 aromatic rings. The first-order valence-corrected chi connectivity index (χ1v) is 27.1. The van der Waals surface area contributed by atoms with Crippen LogP contribution in [0, 0.1) is 0 Å². The van der Waals surface area contributed by atoms with Crippen LogP contribution in [0.15, 0.2) is 48.6 Å². The minimum Gasteiger partial charge on any atom is -0.462 e. The first-order valence-electron chi connectivity index (χ1n) is 27.1. The average Bonchev–Trinajstić information content (AvgIpc) is 3.28. The molecule has 0 heterocycles. The van der Waals surface area contributed by atoms with Crippen molar-refractivity contribution in [2.75, 3.05) is 13.2 Å². The van der Waals surface area contributed by atoms with Crippen molar-refractivity contribution in [1.29, 1.82) is 0 Å². The quantitative estimate of drug-likeness (QED) is 0.0262. The van der Waals surface area contributed by atoms with Gasteiger partial charge in [0.15, 0.2) is 6.10 Å². The molecule has 0 aromatic heterocycles. The third kappa shape index (κ3) is 50.2. The van der Waals surface area contributed by atoms with Gasteiger partial charge in [-0.2, -0.15) is 0 Å². The van der Waals surface area contributed by atoms with Crippen LogP contribution in [-0.2, 0) is 28.6 Å². The number of hydrogen-bond donors (Lipinski definition) is 0. The number of allylic oxidation sites excluding steroid dienone is 8. The van der Waals surface area contributed by atoms with E-state index >= 15 is 0 Å². The fourth-order valence-corrected chi connectivity index (χ4v) is 7.62. The molecule has 0 rings (SSSR count). The van der Waals surface area contributed by atoms with Gasteiger partial charge in [-0.3, -0.25) is 14.4 Å². The Morgan fingerprint density at radius 3 is 0.968 bits per heavy atom. The molecule has 0 saturated heterocycles. The highest BCUT2D eigenvalue weighted by atomic mass is 16.6. The number of carbonyl (C=O) groups excluding carboxylic acids is 3. The minimum atomic E-state index is -0.783. The van der Waals surface area contributed by atoms with Crippen LogP contribution in [0.4, 0.5) is 0 Å². The molecule has 63 heavy (non-hydrogen) atoms. The third-order valence-electron chi connectivity index (χ3n) is 11.8. The van der Waals surface area contributed by atoms with Gasteiger partial charge in [-0.05, 0) is 96.3 Å². The molecule has 0 unspecified atom stereocenters. The maximum atomic E-state index is 12.8. The molecule has 0 N–H and O–H groups in total. The summed E-state index contributed by atoms with van der Waals surface area (Å²) in [5.74, 6) is -0.900. The second-order valence-corrected chi connectivity index (χ2v) is 18.1. The number of carbonyl (C=O) groups is 3. The third-order valence-corrected chi connectivity index (χ3v) is 11.8. The van der Waals surface area contributed by atoms with Gasteiger partial charge >= 0.3 is 17.9 Å². The maximum absolute atomic E-state index is 12.8. The summed E-state index contributed by atoms with van der Waals surface area (Å²) in [7, 11) is 0. The lowest BCUT2D eigenvalue weighted by atomic mass is 10.1. The summed E-state index contributed by atoms with van der Waals surface area (Å²) < 4.78 is 16.8. The molecular weight excluding hydrogens is 781 g/mol. The van der Waals surface area contributed by atoms with Gasteiger partial charge in [-0.1, -0.05) is 211 Å². The zero-order chi connectivity index (χ0) is 45.8. The van der Waals surface area contributed by atoms with Gasteiger partial charge in [-0.25, -0.2) is 0 Å². The molecule has 6 heteroatoms. The Labute approximate surface area is 390 Å². The molecule has 366 valence electrons. The molecule has 6 nitrogen and oxygen atoms in total. The van der Waals surface area contributed by atoms with E-state index in [0.717, 1.165) is 89.9 Å². The summed E-state index contributed by atoms with van der Waals surface area (Å²) in [5.41, 5.74) is 0. The largest absolute Gasteiger partial charge is 0.462 e. The predicted molar refractivity (Wildman–Crippen MR) is 270 cm³/mol. The fraction of sp³-hybridized carbons (Fsp3) is 0.807. The molecule has 0 radical (unpaired) electrons. The van der Waals surface area contributed by atoms with Crippen molar-refractivity contribution in [2.24, 2.45) is 0 Å². The smallest absolute Gasteiger partial charge is 0.306 e. The van der Waals surface area contributed by atoms with E-state index in [1.807, 2.05) is 0 Å². The second-order valence-electron chi connectivity index (χ2n) is 18.1. The van der Waals surface area contributed by atoms with Crippen LogP contribution in [0.5, 0.6) is 0 Å². The van der Waals surface area contributed by atoms with Gasteiger partial charge in [0, 0.05) is 19.3 Å². The SMILES string of the molecule is CCCC/C=C\CCCCCCCC(=O)OC[C@@H](COC(=O)CCCCCCCCCCC/C=C\CCCCCCCC)OC(=O)CCCCCCC/C=C\C/C=C\CCCCC. The van der Waals surface area contributed by atoms with E-state index in [2.05, 4.69) is 69.4 Å². The van der Waals surface area contributed by atoms with Gasteiger partial charge in [0.25, 0.3) is 0 Å². The van der Waals surface area contributed by atoms with E-state index in [-0.39, 0.29) is 31.1 Å². The molecule has 1 atom stereocenters. The van der Waals surface area contributed by atoms with Gasteiger partial charge in [0.1, 0.15) is 13.2 Å². The lowest BCUT2D eigenvalue weighted by Crippen LogP contribution is -2.30. The van der Waals surface area contributed by atoms with E-state index in [9.17, 15) is 14.4 Å². The average molecular weight is 883 g/mol. The van der Waals surface area contributed by atoms with Crippen LogP contribution in [0.25, 0.3) is 0 Å². The molecule has 0 aliphatic carbocycles. The van der Waals surface area contributed by atoms with Crippen LogP contribution in [-0.4, -0.2) is 37.2 Å². The number of unbranched alkanes of at least 4 members (excludes halogenated alkanes) is 30. The molecular formula is C57H102O6. The lowest BCUT2D eigenvalue weighted by molar-refractivity contribution is -0.167.